The van der Waals surface area contributed by atoms with Crippen LogP contribution in [0.1, 0.15) is 0 Å². The molecule has 112 valence electrons. The van der Waals surface area contributed by atoms with Gasteiger partial charge < -0.3 is 4.57 Å². The highest BCUT2D eigenvalue weighted by Gasteiger charge is 2.21. The smallest absolute Gasteiger partial charge is 0.302 e. The van der Waals surface area contributed by atoms with Crippen molar-refractivity contribution in [1.29, 1.82) is 0 Å². The number of benzene rings is 1. The molecule has 1 N–H and O–H groups in total. The normalized spacial score (nSPS) is 11.4. The van der Waals surface area contributed by atoms with Crippen molar-refractivity contribution >= 4 is 15.7 Å². The Labute approximate surface area is 119 Å². The SMILES string of the molecule is Cn1cc(S(=O)(=O)Nc2ccc(F)cc2)c(=O)n(C)c1=O. The van der Waals surface area contributed by atoms with E-state index in [4.69, 9.17) is 0 Å². The number of hydrogen-bond donors (Lipinski definition) is 1. The molecule has 1 heterocycles. The molecule has 0 radical (unpaired) electrons. The summed E-state index contributed by atoms with van der Waals surface area (Å²) in [6.07, 6.45) is 0.941. The van der Waals surface area contributed by atoms with Crippen LogP contribution in [0, 0.1) is 5.82 Å². The molecule has 0 unspecified atom stereocenters. The first-order chi connectivity index (χ1) is 9.72. The zero-order chi connectivity index (χ0) is 15.8. The Balaban J connectivity index is 2.53. The summed E-state index contributed by atoms with van der Waals surface area (Å²) in [6, 6.07) is 4.60. The van der Waals surface area contributed by atoms with E-state index in [1.165, 1.54) is 26.2 Å². The molecule has 0 saturated carbocycles. The summed E-state index contributed by atoms with van der Waals surface area (Å²) in [4.78, 5) is 22.9. The van der Waals surface area contributed by atoms with Crippen LogP contribution in [0.15, 0.2) is 44.9 Å². The van der Waals surface area contributed by atoms with Crippen LogP contribution in [-0.4, -0.2) is 17.6 Å². The summed E-state index contributed by atoms with van der Waals surface area (Å²) in [7, 11) is -1.67. The van der Waals surface area contributed by atoms with Gasteiger partial charge in [0.05, 0.1) is 0 Å². The first kappa shape index (κ1) is 15.0. The Morgan fingerprint density at radius 3 is 2.24 bits per heavy atom. The maximum atomic E-state index is 12.8. The molecule has 1 aromatic carbocycles. The van der Waals surface area contributed by atoms with Crippen LogP contribution in [0.2, 0.25) is 0 Å². The van der Waals surface area contributed by atoms with Gasteiger partial charge in [-0.3, -0.25) is 14.1 Å². The average Bonchev–Trinajstić information content (AvgIpc) is 2.42. The first-order valence-corrected chi connectivity index (χ1v) is 7.26. The van der Waals surface area contributed by atoms with Gasteiger partial charge in [0.1, 0.15) is 5.82 Å². The third kappa shape index (κ3) is 2.87. The second-order valence-electron chi connectivity index (χ2n) is 4.36. The van der Waals surface area contributed by atoms with Gasteiger partial charge in [-0.25, -0.2) is 17.6 Å². The third-order valence-corrected chi connectivity index (χ3v) is 4.16. The number of halogens is 1. The molecule has 0 amide bonds. The van der Waals surface area contributed by atoms with Crippen molar-refractivity contribution in [1.82, 2.24) is 9.13 Å². The first-order valence-electron chi connectivity index (χ1n) is 5.77. The lowest BCUT2D eigenvalue weighted by Crippen LogP contribution is -2.40. The molecule has 0 aliphatic heterocycles. The number of aryl methyl sites for hydroxylation is 1. The van der Waals surface area contributed by atoms with Crippen molar-refractivity contribution in [2.24, 2.45) is 14.1 Å². The summed E-state index contributed by atoms with van der Waals surface area (Å²) >= 11 is 0. The minimum absolute atomic E-state index is 0.104. The topological polar surface area (TPSA) is 90.2 Å². The monoisotopic (exact) mass is 313 g/mol. The van der Waals surface area contributed by atoms with Crippen molar-refractivity contribution in [3.63, 3.8) is 0 Å². The molecule has 9 heteroatoms. The van der Waals surface area contributed by atoms with Crippen molar-refractivity contribution < 1.29 is 12.8 Å². The number of aromatic nitrogens is 2. The van der Waals surface area contributed by atoms with E-state index in [0.29, 0.717) is 4.57 Å². The fraction of sp³-hybridized carbons (Fsp3) is 0.167. The predicted molar refractivity (Wildman–Crippen MR) is 74.1 cm³/mol. The molecule has 2 rings (SSSR count). The molecule has 0 saturated heterocycles. The van der Waals surface area contributed by atoms with Gasteiger partial charge >= 0.3 is 5.69 Å². The predicted octanol–water partition coefficient (Wildman–Crippen LogP) is 0.0239. The van der Waals surface area contributed by atoms with E-state index in [1.54, 1.807) is 0 Å². The number of nitrogens with zero attached hydrogens (tertiary/aromatic N) is 2. The van der Waals surface area contributed by atoms with Gasteiger partial charge in [-0.1, -0.05) is 0 Å². The molecule has 21 heavy (non-hydrogen) atoms. The van der Waals surface area contributed by atoms with Crippen LogP contribution in [0.3, 0.4) is 0 Å². The summed E-state index contributed by atoms with van der Waals surface area (Å²) < 4.78 is 41.0. The summed E-state index contributed by atoms with van der Waals surface area (Å²) in [5.41, 5.74) is -1.47. The number of sulfonamides is 1. The quantitative estimate of drug-likeness (QED) is 0.865. The molecule has 0 bridgehead atoms. The molecule has 0 aliphatic carbocycles. The second kappa shape index (κ2) is 5.17. The Bertz CT molecular complexity index is 898. The van der Waals surface area contributed by atoms with Gasteiger partial charge in [0.15, 0.2) is 4.90 Å². The van der Waals surface area contributed by atoms with Crippen molar-refractivity contribution in [3.05, 3.63) is 57.1 Å². The highest BCUT2D eigenvalue weighted by Crippen LogP contribution is 2.13. The molecular formula is C12H12FN3O4S. The van der Waals surface area contributed by atoms with Crippen LogP contribution in [-0.2, 0) is 24.1 Å². The fourth-order valence-electron chi connectivity index (χ4n) is 1.69. The Hall–Kier alpha value is -2.42. The summed E-state index contributed by atoms with van der Waals surface area (Å²) in [6.45, 7) is 0. The van der Waals surface area contributed by atoms with Crippen LogP contribution in [0.25, 0.3) is 0 Å². The number of hydrogen-bond acceptors (Lipinski definition) is 4. The van der Waals surface area contributed by atoms with E-state index in [0.717, 1.165) is 22.9 Å². The molecule has 0 spiro atoms. The molecule has 0 fully saturated rings. The lowest BCUT2D eigenvalue weighted by molar-refractivity contribution is 0.589. The average molecular weight is 313 g/mol. The number of rotatable bonds is 3. The summed E-state index contributed by atoms with van der Waals surface area (Å²) in [5, 5.41) is 0. The van der Waals surface area contributed by atoms with E-state index in [9.17, 15) is 22.4 Å². The Kier molecular flexibility index (Phi) is 3.69. The maximum absolute atomic E-state index is 12.8. The van der Waals surface area contributed by atoms with Gasteiger partial charge in [0.25, 0.3) is 15.6 Å². The molecular weight excluding hydrogens is 301 g/mol. The largest absolute Gasteiger partial charge is 0.330 e. The zero-order valence-corrected chi connectivity index (χ0v) is 12.0. The van der Waals surface area contributed by atoms with Crippen LogP contribution in [0.4, 0.5) is 10.1 Å². The lowest BCUT2D eigenvalue weighted by Gasteiger charge is -2.09. The van der Waals surface area contributed by atoms with E-state index >= 15 is 0 Å². The van der Waals surface area contributed by atoms with Crippen molar-refractivity contribution in [3.8, 4) is 0 Å². The van der Waals surface area contributed by atoms with E-state index in [2.05, 4.69) is 4.72 Å². The van der Waals surface area contributed by atoms with Crippen molar-refractivity contribution in [2.45, 2.75) is 4.90 Å². The van der Waals surface area contributed by atoms with E-state index < -0.39 is 32.0 Å². The third-order valence-electron chi connectivity index (χ3n) is 2.80. The van der Waals surface area contributed by atoms with Gasteiger partial charge in [-0.05, 0) is 24.3 Å². The Morgan fingerprint density at radius 1 is 1.10 bits per heavy atom. The molecule has 2 aromatic rings. The van der Waals surface area contributed by atoms with Gasteiger partial charge in [0, 0.05) is 26.0 Å². The number of nitrogens with one attached hydrogen (secondary N) is 1. The second-order valence-corrected chi connectivity index (χ2v) is 6.01. The van der Waals surface area contributed by atoms with E-state index in [-0.39, 0.29) is 5.69 Å². The van der Waals surface area contributed by atoms with Crippen molar-refractivity contribution in [2.75, 3.05) is 4.72 Å². The van der Waals surface area contributed by atoms with Crippen LogP contribution in [0.5, 0.6) is 0 Å². The minimum atomic E-state index is -4.18. The van der Waals surface area contributed by atoms with Gasteiger partial charge in [0.2, 0.25) is 0 Å². The zero-order valence-electron chi connectivity index (χ0n) is 11.2. The maximum Gasteiger partial charge on any atom is 0.330 e. The van der Waals surface area contributed by atoms with Gasteiger partial charge in [-0.2, -0.15) is 0 Å². The molecule has 0 atom stereocenters. The lowest BCUT2D eigenvalue weighted by atomic mass is 10.3. The summed E-state index contributed by atoms with van der Waals surface area (Å²) in [5.74, 6) is -0.518. The fourth-order valence-corrected chi connectivity index (χ4v) is 2.91. The van der Waals surface area contributed by atoms with E-state index in [1.807, 2.05) is 0 Å². The van der Waals surface area contributed by atoms with Crippen LogP contribution < -0.4 is 16.0 Å². The van der Waals surface area contributed by atoms with Gasteiger partial charge in [-0.15, -0.1) is 0 Å². The highest BCUT2D eigenvalue weighted by atomic mass is 32.2. The molecule has 7 nitrogen and oxygen atoms in total. The minimum Gasteiger partial charge on any atom is -0.302 e. The number of anilines is 1. The Morgan fingerprint density at radius 2 is 1.67 bits per heavy atom. The molecule has 1 aromatic heterocycles. The van der Waals surface area contributed by atoms with Crippen LogP contribution >= 0.6 is 0 Å². The molecule has 0 aliphatic rings. The highest BCUT2D eigenvalue weighted by molar-refractivity contribution is 7.92. The standard InChI is InChI=1S/C12H12FN3O4S/c1-15-7-10(11(17)16(2)12(15)18)21(19,20)14-9-5-3-8(13)4-6-9/h3-7,14H,1-2H3.